The number of H-pyrrole nitrogens is 1. The first-order chi connectivity index (χ1) is 11.1. The molecule has 0 bridgehead atoms. The molecular formula is C17H15N3O2S. The maximum atomic E-state index is 12.2. The fourth-order valence-corrected chi connectivity index (χ4v) is 2.78. The number of rotatable bonds is 4. The number of amides is 1. The van der Waals surface area contributed by atoms with E-state index in [0.29, 0.717) is 12.2 Å². The summed E-state index contributed by atoms with van der Waals surface area (Å²) < 4.78 is 0. The van der Waals surface area contributed by atoms with Crippen LogP contribution in [0, 0.1) is 6.92 Å². The van der Waals surface area contributed by atoms with Crippen molar-refractivity contribution in [1.82, 2.24) is 15.3 Å². The Morgan fingerprint density at radius 2 is 2.17 bits per heavy atom. The Labute approximate surface area is 137 Å². The molecule has 0 fully saturated rings. The zero-order chi connectivity index (χ0) is 16.2. The first kappa shape index (κ1) is 15.2. The van der Waals surface area contributed by atoms with E-state index in [9.17, 15) is 9.59 Å². The fraction of sp³-hybridized carbons (Fsp3) is 0.118. The lowest BCUT2D eigenvalue weighted by atomic mass is 10.1. The quantitative estimate of drug-likeness (QED) is 0.774. The van der Waals surface area contributed by atoms with Crippen molar-refractivity contribution in [3.8, 4) is 11.3 Å². The average molecular weight is 325 g/mol. The largest absolute Gasteiger partial charge is 0.345 e. The van der Waals surface area contributed by atoms with Gasteiger partial charge in [0.1, 0.15) is 10.6 Å². The van der Waals surface area contributed by atoms with Crippen molar-refractivity contribution in [2.45, 2.75) is 13.5 Å². The van der Waals surface area contributed by atoms with Crippen molar-refractivity contribution >= 4 is 17.2 Å². The molecule has 0 radical (unpaired) electrons. The van der Waals surface area contributed by atoms with E-state index in [2.05, 4.69) is 15.3 Å². The van der Waals surface area contributed by atoms with Crippen LogP contribution >= 0.6 is 11.3 Å². The van der Waals surface area contributed by atoms with Gasteiger partial charge in [0, 0.05) is 17.3 Å². The molecule has 2 aromatic heterocycles. The summed E-state index contributed by atoms with van der Waals surface area (Å²) >= 11 is 1.45. The number of carbonyl (C=O) groups is 1. The molecule has 23 heavy (non-hydrogen) atoms. The van der Waals surface area contributed by atoms with E-state index >= 15 is 0 Å². The predicted molar refractivity (Wildman–Crippen MR) is 90.5 cm³/mol. The number of hydrogen-bond acceptors (Lipinski definition) is 4. The third kappa shape index (κ3) is 3.54. The van der Waals surface area contributed by atoms with E-state index < -0.39 is 11.5 Å². The zero-order valence-electron chi connectivity index (χ0n) is 12.5. The Morgan fingerprint density at radius 1 is 1.30 bits per heavy atom. The standard InChI is InChI=1S/C17H15N3O2S/c1-11-3-2-4-12(9-11)14-6-5-13(17(22)20-14)16(21)19-10-15-18-7-8-23-15/h2-9H,10H2,1H3,(H,19,21)(H,20,22). The normalized spacial score (nSPS) is 10.5. The number of hydrogen-bond donors (Lipinski definition) is 2. The van der Waals surface area contributed by atoms with Gasteiger partial charge < -0.3 is 10.3 Å². The zero-order valence-corrected chi connectivity index (χ0v) is 13.3. The summed E-state index contributed by atoms with van der Waals surface area (Å²) in [7, 11) is 0. The summed E-state index contributed by atoms with van der Waals surface area (Å²) in [6, 6.07) is 11.1. The maximum Gasteiger partial charge on any atom is 0.261 e. The minimum absolute atomic E-state index is 0.0953. The fourth-order valence-electron chi connectivity index (χ4n) is 2.22. The molecule has 0 aliphatic carbocycles. The molecule has 2 heterocycles. The highest BCUT2D eigenvalue weighted by molar-refractivity contribution is 7.09. The van der Waals surface area contributed by atoms with Gasteiger partial charge in [-0.2, -0.15) is 0 Å². The Balaban J connectivity index is 1.79. The molecule has 2 N–H and O–H groups in total. The highest BCUT2D eigenvalue weighted by atomic mass is 32.1. The number of nitrogens with zero attached hydrogens (tertiary/aromatic N) is 1. The van der Waals surface area contributed by atoms with Gasteiger partial charge in [0.15, 0.2) is 0 Å². The minimum Gasteiger partial charge on any atom is -0.345 e. The molecule has 116 valence electrons. The SMILES string of the molecule is Cc1cccc(-c2ccc(C(=O)NCc3nccs3)c(=O)[nH]2)c1. The molecule has 0 spiro atoms. The number of thiazole rings is 1. The van der Waals surface area contributed by atoms with E-state index in [4.69, 9.17) is 0 Å². The molecule has 3 rings (SSSR count). The summed E-state index contributed by atoms with van der Waals surface area (Å²) in [5.74, 6) is -0.405. The lowest BCUT2D eigenvalue weighted by Crippen LogP contribution is -2.29. The Hall–Kier alpha value is -2.73. The molecule has 0 atom stereocenters. The molecule has 1 amide bonds. The Bertz CT molecular complexity index is 885. The minimum atomic E-state index is -0.405. The third-order valence-corrected chi connectivity index (χ3v) is 4.15. The van der Waals surface area contributed by atoms with E-state index in [-0.39, 0.29) is 5.56 Å². The van der Waals surface area contributed by atoms with Crippen molar-refractivity contribution in [3.05, 3.63) is 74.5 Å². The second kappa shape index (κ2) is 6.58. The molecule has 6 heteroatoms. The molecule has 5 nitrogen and oxygen atoms in total. The molecule has 0 aliphatic rings. The van der Waals surface area contributed by atoms with Crippen LogP contribution in [0.2, 0.25) is 0 Å². The van der Waals surface area contributed by atoms with Crippen LogP contribution < -0.4 is 10.9 Å². The third-order valence-electron chi connectivity index (χ3n) is 3.37. The topological polar surface area (TPSA) is 74.8 Å². The van der Waals surface area contributed by atoms with E-state index in [1.165, 1.54) is 11.3 Å². The molecule has 0 aliphatic heterocycles. The van der Waals surface area contributed by atoms with Gasteiger partial charge in [-0.25, -0.2) is 4.98 Å². The average Bonchev–Trinajstić information content (AvgIpc) is 3.06. The van der Waals surface area contributed by atoms with Crippen LogP contribution in [0.4, 0.5) is 0 Å². The lowest BCUT2D eigenvalue weighted by molar-refractivity contribution is 0.0949. The number of aryl methyl sites for hydroxylation is 1. The molecule has 3 aromatic rings. The van der Waals surface area contributed by atoms with Crippen LogP contribution in [0.3, 0.4) is 0 Å². The van der Waals surface area contributed by atoms with Crippen molar-refractivity contribution in [1.29, 1.82) is 0 Å². The highest BCUT2D eigenvalue weighted by Gasteiger charge is 2.11. The number of aromatic amines is 1. The van der Waals surface area contributed by atoms with Crippen molar-refractivity contribution in [2.24, 2.45) is 0 Å². The smallest absolute Gasteiger partial charge is 0.261 e. The van der Waals surface area contributed by atoms with Crippen LogP contribution in [-0.2, 0) is 6.54 Å². The molecule has 0 unspecified atom stereocenters. The summed E-state index contributed by atoms with van der Waals surface area (Å²) in [5.41, 5.74) is 2.40. The van der Waals surface area contributed by atoms with Crippen LogP contribution in [-0.4, -0.2) is 15.9 Å². The van der Waals surface area contributed by atoms with Gasteiger partial charge in [0.05, 0.1) is 6.54 Å². The number of aromatic nitrogens is 2. The summed E-state index contributed by atoms with van der Waals surface area (Å²) in [5, 5.41) is 5.34. The van der Waals surface area contributed by atoms with Crippen molar-refractivity contribution < 1.29 is 4.79 Å². The van der Waals surface area contributed by atoms with Gasteiger partial charge in [-0.1, -0.05) is 23.8 Å². The second-order valence-electron chi connectivity index (χ2n) is 5.09. The van der Waals surface area contributed by atoms with E-state index in [1.54, 1.807) is 18.3 Å². The van der Waals surface area contributed by atoms with Crippen LogP contribution in [0.5, 0.6) is 0 Å². The molecule has 1 aromatic carbocycles. The summed E-state index contributed by atoms with van der Waals surface area (Å²) in [6.45, 7) is 2.30. The van der Waals surface area contributed by atoms with Crippen molar-refractivity contribution in [3.63, 3.8) is 0 Å². The van der Waals surface area contributed by atoms with Gasteiger partial charge in [-0.15, -0.1) is 11.3 Å². The predicted octanol–water partition coefficient (Wildman–Crippen LogP) is 2.74. The monoisotopic (exact) mass is 325 g/mol. The number of carbonyl (C=O) groups excluding carboxylic acids is 1. The lowest BCUT2D eigenvalue weighted by Gasteiger charge is -2.06. The molecular weight excluding hydrogens is 310 g/mol. The van der Waals surface area contributed by atoms with Crippen LogP contribution in [0.1, 0.15) is 20.9 Å². The van der Waals surface area contributed by atoms with Crippen LogP contribution in [0.25, 0.3) is 11.3 Å². The van der Waals surface area contributed by atoms with Crippen LogP contribution in [0.15, 0.2) is 52.8 Å². The van der Waals surface area contributed by atoms with Gasteiger partial charge >= 0.3 is 0 Å². The highest BCUT2D eigenvalue weighted by Crippen LogP contribution is 2.17. The van der Waals surface area contributed by atoms with E-state index in [0.717, 1.165) is 16.1 Å². The Morgan fingerprint density at radius 3 is 2.87 bits per heavy atom. The number of pyridine rings is 1. The second-order valence-corrected chi connectivity index (χ2v) is 6.07. The maximum absolute atomic E-state index is 12.2. The van der Waals surface area contributed by atoms with Crippen molar-refractivity contribution in [2.75, 3.05) is 0 Å². The summed E-state index contributed by atoms with van der Waals surface area (Å²) in [6.07, 6.45) is 1.68. The Kier molecular flexibility index (Phi) is 4.34. The number of benzene rings is 1. The number of nitrogens with one attached hydrogen (secondary N) is 2. The molecule has 0 saturated heterocycles. The van der Waals surface area contributed by atoms with Gasteiger partial charge in [-0.3, -0.25) is 9.59 Å². The van der Waals surface area contributed by atoms with Gasteiger partial charge in [-0.05, 0) is 30.7 Å². The first-order valence-electron chi connectivity index (χ1n) is 7.10. The first-order valence-corrected chi connectivity index (χ1v) is 7.98. The molecule has 0 saturated carbocycles. The van der Waals surface area contributed by atoms with Gasteiger partial charge in [0.2, 0.25) is 0 Å². The van der Waals surface area contributed by atoms with Gasteiger partial charge in [0.25, 0.3) is 11.5 Å². The summed E-state index contributed by atoms with van der Waals surface area (Å²) in [4.78, 5) is 31.1. The van der Waals surface area contributed by atoms with E-state index in [1.807, 2.05) is 36.6 Å².